The fourth-order valence-corrected chi connectivity index (χ4v) is 5.41. The molecule has 3 heterocycles. The van der Waals surface area contributed by atoms with Gasteiger partial charge in [0.1, 0.15) is 0 Å². The second kappa shape index (κ2) is 9.07. The summed E-state index contributed by atoms with van der Waals surface area (Å²) in [6.07, 6.45) is 2.88. The van der Waals surface area contributed by atoms with Crippen LogP contribution in [0.3, 0.4) is 0 Å². The number of benzene rings is 1. The van der Waals surface area contributed by atoms with Crippen molar-refractivity contribution in [3.8, 4) is 5.69 Å². The van der Waals surface area contributed by atoms with Crippen LogP contribution < -0.4 is 5.32 Å². The molecule has 0 bridgehead atoms. The number of aromatic nitrogens is 2. The van der Waals surface area contributed by atoms with Crippen LogP contribution in [0.1, 0.15) is 66.6 Å². The maximum absolute atomic E-state index is 5.83. The molecule has 4 nitrogen and oxygen atoms in total. The minimum atomic E-state index is 0.0268. The molecule has 1 fully saturated rings. The molecule has 2 unspecified atom stereocenters. The van der Waals surface area contributed by atoms with Crippen LogP contribution in [0, 0.1) is 26.7 Å². The molecule has 0 radical (unpaired) electrons. The average Bonchev–Trinajstić information content (AvgIpc) is 3.23. The Morgan fingerprint density at radius 1 is 1.09 bits per heavy atom. The Balaban J connectivity index is 1.88. The van der Waals surface area contributed by atoms with Gasteiger partial charge in [-0.2, -0.15) is 0 Å². The van der Waals surface area contributed by atoms with Crippen molar-refractivity contribution in [2.24, 2.45) is 5.92 Å². The van der Waals surface area contributed by atoms with Gasteiger partial charge in [0.25, 0.3) is 0 Å². The van der Waals surface area contributed by atoms with E-state index >= 15 is 0 Å². The number of hydrogen-bond acceptors (Lipinski definition) is 2. The summed E-state index contributed by atoms with van der Waals surface area (Å²) in [5, 5.41) is 4.40. The molecule has 4 rings (SSSR count). The lowest BCUT2D eigenvalue weighted by Gasteiger charge is -2.29. The number of pyridine rings is 1. The van der Waals surface area contributed by atoms with Crippen molar-refractivity contribution >= 4 is 17.3 Å². The normalized spacial score (nSPS) is 18.5. The molecule has 0 amide bonds. The summed E-state index contributed by atoms with van der Waals surface area (Å²) >= 11 is 5.83. The smallest absolute Gasteiger partial charge is 0.170 e. The third-order valence-electron chi connectivity index (χ3n) is 6.47. The van der Waals surface area contributed by atoms with E-state index in [1.807, 2.05) is 12.3 Å². The summed E-state index contributed by atoms with van der Waals surface area (Å²) in [7, 11) is 0. The van der Waals surface area contributed by atoms with E-state index in [1.54, 1.807) is 0 Å². The first kappa shape index (κ1) is 22.5. The van der Waals surface area contributed by atoms with Gasteiger partial charge in [-0.15, -0.1) is 0 Å². The lowest BCUT2D eigenvalue weighted by Crippen LogP contribution is -2.33. The predicted molar refractivity (Wildman–Crippen MR) is 136 cm³/mol. The summed E-state index contributed by atoms with van der Waals surface area (Å²) < 4.78 is 2.44. The van der Waals surface area contributed by atoms with Gasteiger partial charge in [0.05, 0.1) is 23.5 Å². The van der Waals surface area contributed by atoms with E-state index in [4.69, 9.17) is 12.2 Å². The standard InChI is InChI=1S/C27H34N4S/c1-7-21-12-10-11-18(4)25(21)31-19(5)15-22(20(31)6)26-24(23-13-8-9-14-28-23)29-27(32)30(26)16-17(2)3/h8-15,17,24,26H,7,16H2,1-6H3,(H,29,32). The Kier molecular flexibility index (Phi) is 6.38. The molecular formula is C27H34N4S. The highest BCUT2D eigenvalue weighted by Crippen LogP contribution is 2.42. The quantitative estimate of drug-likeness (QED) is 0.472. The van der Waals surface area contributed by atoms with Crippen LogP contribution in [0.5, 0.6) is 0 Å². The molecule has 1 aliphatic rings. The number of nitrogens with one attached hydrogen (secondary N) is 1. The van der Waals surface area contributed by atoms with Gasteiger partial charge in [-0.25, -0.2) is 0 Å². The van der Waals surface area contributed by atoms with E-state index in [2.05, 4.69) is 97.7 Å². The highest BCUT2D eigenvalue weighted by molar-refractivity contribution is 7.80. The molecule has 0 aliphatic carbocycles. The van der Waals surface area contributed by atoms with E-state index in [9.17, 15) is 0 Å². The Labute approximate surface area is 197 Å². The molecule has 1 N–H and O–H groups in total. The zero-order valence-electron chi connectivity index (χ0n) is 20.0. The molecule has 3 aromatic rings. The fourth-order valence-electron chi connectivity index (χ4n) is 5.09. The van der Waals surface area contributed by atoms with Crippen LogP contribution in [0.2, 0.25) is 0 Å². The van der Waals surface area contributed by atoms with E-state index < -0.39 is 0 Å². The monoisotopic (exact) mass is 446 g/mol. The predicted octanol–water partition coefficient (Wildman–Crippen LogP) is 5.99. The number of thiocarbonyl (C=S) groups is 1. The SMILES string of the molecule is CCc1cccc(C)c1-n1c(C)cc(C2C(c3ccccn3)NC(=S)N2CC(C)C)c1C. The number of aryl methyl sites for hydroxylation is 3. The fraction of sp³-hybridized carbons (Fsp3) is 0.407. The van der Waals surface area contributed by atoms with E-state index in [0.717, 1.165) is 23.8 Å². The van der Waals surface area contributed by atoms with E-state index in [-0.39, 0.29) is 12.1 Å². The summed E-state index contributed by atoms with van der Waals surface area (Å²) in [5.74, 6) is 0.506. The zero-order chi connectivity index (χ0) is 23.0. The van der Waals surface area contributed by atoms with E-state index in [0.29, 0.717) is 5.92 Å². The van der Waals surface area contributed by atoms with Crippen LogP contribution in [-0.2, 0) is 6.42 Å². The first-order valence-corrected chi connectivity index (χ1v) is 12.0. The van der Waals surface area contributed by atoms with Crippen molar-refractivity contribution in [2.75, 3.05) is 6.54 Å². The van der Waals surface area contributed by atoms with Gasteiger partial charge in [0, 0.05) is 24.1 Å². The third-order valence-corrected chi connectivity index (χ3v) is 6.83. The Morgan fingerprint density at radius 2 is 1.88 bits per heavy atom. The molecule has 2 aromatic heterocycles. The summed E-state index contributed by atoms with van der Waals surface area (Å²) in [4.78, 5) is 7.05. The summed E-state index contributed by atoms with van der Waals surface area (Å²) in [6.45, 7) is 14.3. The number of para-hydroxylation sites is 1. The van der Waals surface area contributed by atoms with Gasteiger partial charge < -0.3 is 14.8 Å². The van der Waals surface area contributed by atoms with Crippen LogP contribution in [0.25, 0.3) is 5.69 Å². The van der Waals surface area contributed by atoms with Gasteiger partial charge in [0.2, 0.25) is 0 Å². The lowest BCUT2D eigenvalue weighted by atomic mass is 9.96. The van der Waals surface area contributed by atoms with Gasteiger partial charge in [0.15, 0.2) is 5.11 Å². The van der Waals surface area contributed by atoms with Gasteiger partial charge in [-0.3, -0.25) is 4.98 Å². The lowest BCUT2D eigenvalue weighted by molar-refractivity contribution is 0.287. The maximum Gasteiger partial charge on any atom is 0.170 e. The molecule has 0 spiro atoms. The van der Waals surface area contributed by atoms with Crippen molar-refractivity contribution in [3.05, 3.63) is 82.4 Å². The molecule has 1 aliphatic heterocycles. The topological polar surface area (TPSA) is 33.1 Å². The second-order valence-electron chi connectivity index (χ2n) is 9.27. The largest absolute Gasteiger partial charge is 0.352 e. The minimum absolute atomic E-state index is 0.0268. The van der Waals surface area contributed by atoms with Crippen molar-refractivity contribution in [3.63, 3.8) is 0 Å². The van der Waals surface area contributed by atoms with Crippen LogP contribution in [0.15, 0.2) is 48.7 Å². The van der Waals surface area contributed by atoms with Crippen LogP contribution in [0.4, 0.5) is 0 Å². The molecule has 2 atom stereocenters. The number of rotatable bonds is 6. The highest BCUT2D eigenvalue weighted by atomic mass is 32.1. The molecule has 32 heavy (non-hydrogen) atoms. The Bertz CT molecular complexity index is 1120. The van der Waals surface area contributed by atoms with Crippen LogP contribution >= 0.6 is 12.2 Å². The van der Waals surface area contributed by atoms with Gasteiger partial charge in [-0.05, 0) is 80.2 Å². The highest BCUT2D eigenvalue weighted by Gasteiger charge is 2.41. The van der Waals surface area contributed by atoms with Crippen molar-refractivity contribution in [2.45, 2.75) is 60.0 Å². The summed E-state index contributed by atoms with van der Waals surface area (Å²) in [5.41, 5.74) is 8.87. The van der Waals surface area contributed by atoms with Gasteiger partial charge in [-0.1, -0.05) is 45.0 Å². The van der Waals surface area contributed by atoms with Crippen molar-refractivity contribution in [1.82, 2.24) is 19.8 Å². The first-order valence-electron chi connectivity index (χ1n) is 11.6. The molecule has 0 saturated carbocycles. The molecular weight excluding hydrogens is 412 g/mol. The molecule has 168 valence electrons. The second-order valence-corrected chi connectivity index (χ2v) is 9.66. The Morgan fingerprint density at radius 3 is 2.53 bits per heavy atom. The first-order chi connectivity index (χ1) is 15.3. The molecule has 1 saturated heterocycles. The van der Waals surface area contributed by atoms with Crippen LogP contribution in [-0.4, -0.2) is 26.1 Å². The maximum atomic E-state index is 5.83. The number of hydrogen-bond donors (Lipinski definition) is 1. The third kappa shape index (κ3) is 3.95. The average molecular weight is 447 g/mol. The minimum Gasteiger partial charge on any atom is -0.352 e. The van der Waals surface area contributed by atoms with Crippen molar-refractivity contribution < 1.29 is 0 Å². The molecule has 5 heteroatoms. The zero-order valence-corrected chi connectivity index (χ0v) is 20.8. The Hall–Kier alpha value is -2.66. The van der Waals surface area contributed by atoms with Crippen molar-refractivity contribution in [1.29, 1.82) is 0 Å². The summed E-state index contributed by atoms with van der Waals surface area (Å²) in [6, 6.07) is 15.2. The number of nitrogens with zero attached hydrogens (tertiary/aromatic N) is 3. The van der Waals surface area contributed by atoms with Gasteiger partial charge >= 0.3 is 0 Å². The van der Waals surface area contributed by atoms with E-state index in [1.165, 1.54) is 33.8 Å². The molecule has 1 aromatic carbocycles.